The van der Waals surface area contributed by atoms with Crippen LogP contribution in [0.5, 0.6) is 0 Å². The van der Waals surface area contributed by atoms with Gasteiger partial charge in [0.15, 0.2) is 0 Å². The summed E-state index contributed by atoms with van der Waals surface area (Å²) < 4.78 is 27.3. The van der Waals surface area contributed by atoms with Gasteiger partial charge in [-0.05, 0) is 43.7 Å². The Morgan fingerprint density at radius 2 is 1.76 bits per heavy atom. The first-order valence-corrected chi connectivity index (χ1v) is 11.7. The molecule has 0 radical (unpaired) electrons. The van der Waals surface area contributed by atoms with Crippen molar-refractivity contribution in [1.29, 1.82) is 0 Å². The third-order valence-corrected chi connectivity index (χ3v) is 8.64. The molecule has 0 bridgehead atoms. The molecule has 1 aliphatic carbocycles. The van der Waals surface area contributed by atoms with Crippen LogP contribution in [0.2, 0.25) is 0 Å². The number of carbonyl (C=O) groups excluding carboxylic acids is 1. The molecule has 2 heterocycles. The standard InChI is InChI=1S/C18H28N2O3S2/c21-17(19-14-15-7-3-1-4-8-15)13-16-9-10-18(24-16)25(22,23)20-11-5-2-6-12-20/h9-10,15H,1-8,11-14H2,(H,19,21). The number of sulfonamides is 1. The Morgan fingerprint density at radius 3 is 2.48 bits per heavy atom. The Hall–Kier alpha value is -0.920. The molecule has 1 amide bonds. The van der Waals surface area contributed by atoms with E-state index in [2.05, 4.69) is 5.32 Å². The van der Waals surface area contributed by atoms with E-state index in [9.17, 15) is 13.2 Å². The number of hydrogen-bond acceptors (Lipinski definition) is 4. The highest BCUT2D eigenvalue weighted by Crippen LogP contribution is 2.27. The lowest BCUT2D eigenvalue weighted by Crippen LogP contribution is -2.35. The number of piperidine rings is 1. The lowest BCUT2D eigenvalue weighted by atomic mass is 9.89. The molecule has 3 rings (SSSR count). The number of rotatable bonds is 6. The van der Waals surface area contributed by atoms with E-state index in [0.717, 1.165) is 30.7 Å². The maximum Gasteiger partial charge on any atom is 0.252 e. The van der Waals surface area contributed by atoms with Gasteiger partial charge in [-0.2, -0.15) is 4.31 Å². The van der Waals surface area contributed by atoms with E-state index in [1.807, 2.05) is 0 Å². The second kappa shape index (κ2) is 8.64. The average molecular weight is 385 g/mol. The molecule has 0 spiro atoms. The minimum atomic E-state index is -3.39. The third-order valence-electron chi connectivity index (χ3n) is 5.19. The van der Waals surface area contributed by atoms with Crippen LogP contribution in [0.15, 0.2) is 16.3 Å². The van der Waals surface area contributed by atoms with E-state index >= 15 is 0 Å². The Balaban J connectivity index is 1.53. The first-order valence-electron chi connectivity index (χ1n) is 9.41. The number of nitrogens with one attached hydrogen (secondary N) is 1. The van der Waals surface area contributed by atoms with Gasteiger partial charge in [-0.3, -0.25) is 4.79 Å². The summed E-state index contributed by atoms with van der Waals surface area (Å²) in [7, 11) is -3.39. The van der Waals surface area contributed by atoms with E-state index in [4.69, 9.17) is 0 Å². The third kappa shape index (κ3) is 5.05. The molecular weight excluding hydrogens is 356 g/mol. The minimum Gasteiger partial charge on any atom is -0.356 e. The van der Waals surface area contributed by atoms with Crippen molar-refractivity contribution in [3.05, 3.63) is 17.0 Å². The van der Waals surface area contributed by atoms with E-state index < -0.39 is 10.0 Å². The molecule has 1 saturated carbocycles. The van der Waals surface area contributed by atoms with Gasteiger partial charge in [0.1, 0.15) is 4.21 Å². The Kier molecular flexibility index (Phi) is 6.52. The minimum absolute atomic E-state index is 0.00524. The number of hydrogen-bond donors (Lipinski definition) is 1. The Bertz CT molecular complexity index is 672. The maximum atomic E-state index is 12.7. The van der Waals surface area contributed by atoms with Crippen molar-refractivity contribution in [3.8, 4) is 0 Å². The normalized spacial score (nSPS) is 20.5. The van der Waals surface area contributed by atoms with Crippen molar-refractivity contribution in [1.82, 2.24) is 9.62 Å². The van der Waals surface area contributed by atoms with Gasteiger partial charge < -0.3 is 5.32 Å². The molecule has 2 aliphatic rings. The van der Waals surface area contributed by atoms with Crippen molar-refractivity contribution in [2.45, 2.75) is 62.0 Å². The zero-order chi connectivity index (χ0) is 17.7. The molecule has 1 saturated heterocycles. The quantitative estimate of drug-likeness (QED) is 0.819. The molecule has 2 fully saturated rings. The van der Waals surface area contributed by atoms with Crippen LogP contribution in [0, 0.1) is 5.92 Å². The van der Waals surface area contributed by atoms with Crippen LogP contribution in [0.4, 0.5) is 0 Å². The molecule has 0 atom stereocenters. The molecule has 7 heteroatoms. The highest BCUT2D eigenvalue weighted by molar-refractivity contribution is 7.91. The van der Waals surface area contributed by atoms with Crippen LogP contribution in [0.25, 0.3) is 0 Å². The zero-order valence-electron chi connectivity index (χ0n) is 14.7. The van der Waals surface area contributed by atoms with E-state index in [-0.39, 0.29) is 12.3 Å². The number of nitrogens with zero attached hydrogens (tertiary/aromatic N) is 1. The van der Waals surface area contributed by atoms with Gasteiger partial charge in [-0.1, -0.05) is 25.7 Å². The van der Waals surface area contributed by atoms with Crippen LogP contribution in [-0.4, -0.2) is 38.3 Å². The van der Waals surface area contributed by atoms with Gasteiger partial charge in [0.2, 0.25) is 5.91 Å². The topological polar surface area (TPSA) is 66.5 Å². The summed E-state index contributed by atoms with van der Waals surface area (Å²) in [4.78, 5) is 13.0. The molecule has 1 aromatic rings. The molecule has 0 aromatic carbocycles. The lowest BCUT2D eigenvalue weighted by Gasteiger charge is -2.25. The van der Waals surface area contributed by atoms with E-state index in [0.29, 0.717) is 23.2 Å². The largest absolute Gasteiger partial charge is 0.356 e. The number of carbonyl (C=O) groups is 1. The van der Waals surface area contributed by atoms with Crippen molar-refractivity contribution in [2.75, 3.05) is 19.6 Å². The van der Waals surface area contributed by atoms with E-state index in [1.165, 1.54) is 43.4 Å². The molecular formula is C18H28N2O3S2. The monoisotopic (exact) mass is 384 g/mol. The molecule has 5 nitrogen and oxygen atoms in total. The fourth-order valence-electron chi connectivity index (χ4n) is 3.69. The number of amides is 1. The lowest BCUT2D eigenvalue weighted by molar-refractivity contribution is -0.120. The first kappa shape index (κ1) is 18.9. The fraction of sp³-hybridized carbons (Fsp3) is 0.722. The summed E-state index contributed by atoms with van der Waals surface area (Å²) >= 11 is 1.23. The summed E-state index contributed by atoms with van der Waals surface area (Å²) in [5, 5.41) is 3.02. The Morgan fingerprint density at radius 1 is 1.08 bits per heavy atom. The predicted octanol–water partition coefficient (Wildman–Crippen LogP) is 3.16. The van der Waals surface area contributed by atoms with Crippen LogP contribution < -0.4 is 5.32 Å². The van der Waals surface area contributed by atoms with Gasteiger partial charge in [-0.15, -0.1) is 11.3 Å². The van der Waals surface area contributed by atoms with Crippen molar-refractivity contribution in [3.63, 3.8) is 0 Å². The van der Waals surface area contributed by atoms with E-state index in [1.54, 1.807) is 16.4 Å². The van der Waals surface area contributed by atoms with Gasteiger partial charge >= 0.3 is 0 Å². The van der Waals surface area contributed by atoms with Crippen LogP contribution in [0.3, 0.4) is 0 Å². The first-order chi connectivity index (χ1) is 12.1. The van der Waals surface area contributed by atoms with Crippen LogP contribution in [-0.2, 0) is 21.2 Å². The molecule has 1 N–H and O–H groups in total. The smallest absolute Gasteiger partial charge is 0.252 e. The fourth-order valence-corrected chi connectivity index (χ4v) is 6.72. The highest BCUT2D eigenvalue weighted by atomic mass is 32.2. The van der Waals surface area contributed by atoms with Crippen LogP contribution in [0.1, 0.15) is 56.2 Å². The SMILES string of the molecule is O=C(Cc1ccc(S(=O)(=O)N2CCCCC2)s1)NCC1CCCCC1. The molecule has 1 aliphatic heterocycles. The summed E-state index contributed by atoms with van der Waals surface area (Å²) in [6, 6.07) is 3.43. The van der Waals surface area contributed by atoms with Crippen LogP contribution >= 0.6 is 11.3 Å². The zero-order valence-corrected chi connectivity index (χ0v) is 16.3. The predicted molar refractivity (Wildman–Crippen MR) is 100 cm³/mol. The van der Waals surface area contributed by atoms with Gasteiger partial charge in [0, 0.05) is 24.5 Å². The summed E-state index contributed by atoms with van der Waals surface area (Å²) in [5.41, 5.74) is 0. The summed E-state index contributed by atoms with van der Waals surface area (Å²) in [6.45, 7) is 1.97. The second-order valence-electron chi connectivity index (χ2n) is 7.17. The molecule has 0 unspecified atom stereocenters. The molecule has 25 heavy (non-hydrogen) atoms. The van der Waals surface area contributed by atoms with Crippen molar-refractivity contribution in [2.24, 2.45) is 5.92 Å². The van der Waals surface area contributed by atoms with Crippen molar-refractivity contribution < 1.29 is 13.2 Å². The Labute approximate surface area is 154 Å². The van der Waals surface area contributed by atoms with Gasteiger partial charge in [0.25, 0.3) is 10.0 Å². The maximum absolute atomic E-state index is 12.7. The highest BCUT2D eigenvalue weighted by Gasteiger charge is 2.27. The van der Waals surface area contributed by atoms with Gasteiger partial charge in [0.05, 0.1) is 6.42 Å². The summed E-state index contributed by atoms with van der Waals surface area (Å²) in [5.74, 6) is 0.602. The summed E-state index contributed by atoms with van der Waals surface area (Å²) in [6.07, 6.45) is 9.49. The molecule has 140 valence electrons. The van der Waals surface area contributed by atoms with Gasteiger partial charge in [-0.25, -0.2) is 8.42 Å². The van der Waals surface area contributed by atoms with Crippen molar-refractivity contribution >= 4 is 27.3 Å². The second-order valence-corrected chi connectivity index (χ2v) is 10.5. The average Bonchev–Trinajstić information content (AvgIpc) is 3.11. The number of thiophene rings is 1. The molecule has 1 aromatic heterocycles.